The van der Waals surface area contributed by atoms with Gasteiger partial charge in [0, 0.05) is 73.2 Å². The number of carboxylic acids is 1. The number of carboxylic acid groups (broad SMARTS) is 1. The standard InChI is InChI=1S/C28H25ClN6O5/c1-30-19-5-13(29)4-14-22-24(35-9-17-20(36)11-40-21(17)10-35)16(7-31-26(22)33-23(14)19)12-3-15-25(37)18(28(38)39)8-34(2)27(15)32-6-12/h3-8,17,20-21,30,36H,9-11H2,1-2H3,(H,31,33)(H,38,39)/t17-,20?,21-/m1/s1. The van der Waals surface area contributed by atoms with E-state index < -0.39 is 17.5 Å². The van der Waals surface area contributed by atoms with Gasteiger partial charge in [-0.1, -0.05) is 11.6 Å². The van der Waals surface area contributed by atoms with Gasteiger partial charge in [0.15, 0.2) is 0 Å². The number of hydrogen-bond donors (Lipinski definition) is 4. The fraction of sp³-hybridized carbons (Fsp3) is 0.286. The second-order valence-corrected chi connectivity index (χ2v) is 10.8. The minimum Gasteiger partial charge on any atom is -0.477 e. The molecule has 5 aromatic rings. The lowest BCUT2D eigenvalue weighted by Crippen LogP contribution is -2.26. The number of aliphatic hydroxyl groups is 1. The van der Waals surface area contributed by atoms with Crippen molar-refractivity contribution in [2.75, 3.05) is 37.0 Å². The van der Waals surface area contributed by atoms with Gasteiger partial charge in [-0.05, 0) is 18.2 Å². The van der Waals surface area contributed by atoms with E-state index in [4.69, 9.17) is 21.3 Å². The first-order valence-electron chi connectivity index (χ1n) is 12.8. The molecule has 0 amide bonds. The Bertz CT molecular complexity index is 1930. The van der Waals surface area contributed by atoms with Crippen LogP contribution < -0.4 is 15.6 Å². The Morgan fingerprint density at radius 1 is 1.20 bits per heavy atom. The molecule has 1 aromatic carbocycles. The Morgan fingerprint density at radius 3 is 2.77 bits per heavy atom. The predicted molar refractivity (Wildman–Crippen MR) is 153 cm³/mol. The van der Waals surface area contributed by atoms with Crippen LogP contribution in [0, 0.1) is 5.92 Å². The number of anilines is 2. The normalized spacial score (nSPS) is 20.6. The number of pyridine rings is 3. The summed E-state index contributed by atoms with van der Waals surface area (Å²) in [5, 5.41) is 25.8. The van der Waals surface area contributed by atoms with Crippen molar-refractivity contribution in [2.45, 2.75) is 12.2 Å². The number of aromatic carboxylic acids is 1. The van der Waals surface area contributed by atoms with Crippen molar-refractivity contribution in [3.63, 3.8) is 0 Å². The number of aliphatic hydroxyl groups excluding tert-OH is 1. The van der Waals surface area contributed by atoms with Crippen LogP contribution >= 0.6 is 11.6 Å². The molecule has 6 heterocycles. The van der Waals surface area contributed by atoms with Gasteiger partial charge >= 0.3 is 5.97 Å². The molecule has 4 N–H and O–H groups in total. The van der Waals surface area contributed by atoms with Gasteiger partial charge in [0.05, 0.1) is 46.5 Å². The van der Waals surface area contributed by atoms with Crippen LogP contribution in [0.1, 0.15) is 10.4 Å². The van der Waals surface area contributed by atoms with E-state index in [-0.39, 0.29) is 23.0 Å². The number of nitrogens with one attached hydrogen (secondary N) is 2. The average molecular weight is 561 g/mol. The highest BCUT2D eigenvalue weighted by molar-refractivity contribution is 6.33. The largest absolute Gasteiger partial charge is 0.477 e. The lowest BCUT2D eigenvalue weighted by atomic mass is 10.0. The second kappa shape index (κ2) is 8.91. The quantitative estimate of drug-likeness (QED) is 0.260. The monoisotopic (exact) mass is 560 g/mol. The third-order valence-corrected chi connectivity index (χ3v) is 8.31. The number of aromatic nitrogens is 4. The minimum atomic E-state index is -1.30. The average Bonchev–Trinajstić information content (AvgIpc) is 3.63. The number of nitrogens with zero attached hydrogens (tertiary/aromatic N) is 4. The molecule has 0 bridgehead atoms. The summed E-state index contributed by atoms with van der Waals surface area (Å²) in [5.74, 6) is -1.34. The summed E-state index contributed by atoms with van der Waals surface area (Å²) in [7, 11) is 3.48. The lowest BCUT2D eigenvalue weighted by Gasteiger charge is -2.24. The van der Waals surface area contributed by atoms with E-state index in [1.54, 1.807) is 25.5 Å². The molecule has 3 atom stereocenters. The highest BCUT2D eigenvalue weighted by Gasteiger charge is 2.44. The molecule has 204 valence electrons. The Hall–Kier alpha value is -4.19. The Labute approximate surface area is 232 Å². The van der Waals surface area contributed by atoms with E-state index in [0.29, 0.717) is 47.1 Å². The molecule has 12 heteroatoms. The number of benzene rings is 1. The van der Waals surface area contributed by atoms with Gasteiger partial charge < -0.3 is 34.7 Å². The molecule has 2 aliphatic heterocycles. The number of hydrogen-bond acceptors (Lipinski definition) is 8. The van der Waals surface area contributed by atoms with Crippen LogP contribution in [0.25, 0.3) is 44.1 Å². The molecule has 40 heavy (non-hydrogen) atoms. The van der Waals surface area contributed by atoms with Crippen LogP contribution in [-0.4, -0.2) is 74.7 Å². The molecular weight excluding hydrogens is 536 g/mol. The van der Waals surface area contributed by atoms with Crippen molar-refractivity contribution in [1.29, 1.82) is 0 Å². The highest BCUT2D eigenvalue weighted by Crippen LogP contribution is 2.45. The number of ether oxygens (including phenoxy) is 1. The molecule has 11 nitrogen and oxygen atoms in total. The lowest BCUT2D eigenvalue weighted by molar-refractivity contribution is 0.0695. The minimum absolute atomic E-state index is 0.0436. The Morgan fingerprint density at radius 2 is 2.02 bits per heavy atom. The van der Waals surface area contributed by atoms with E-state index in [1.165, 1.54) is 10.8 Å². The predicted octanol–water partition coefficient (Wildman–Crippen LogP) is 3.22. The van der Waals surface area contributed by atoms with Crippen molar-refractivity contribution in [3.8, 4) is 11.1 Å². The van der Waals surface area contributed by atoms with Gasteiger partial charge in [-0.3, -0.25) is 4.79 Å². The van der Waals surface area contributed by atoms with Gasteiger partial charge in [-0.25, -0.2) is 14.8 Å². The van der Waals surface area contributed by atoms with Crippen LogP contribution in [0.4, 0.5) is 11.4 Å². The molecule has 4 aromatic heterocycles. The smallest absolute Gasteiger partial charge is 0.341 e. The van der Waals surface area contributed by atoms with Gasteiger partial charge in [-0.2, -0.15) is 0 Å². The van der Waals surface area contributed by atoms with Crippen LogP contribution in [0.3, 0.4) is 0 Å². The van der Waals surface area contributed by atoms with E-state index in [0.717, 1.165) is 27.7 Å². The fourth-order valence-corrected chi connectivity index (χ4v) is 6.40. The van der Waals surface area contributed by atoms with E-state index in [2.05, 4.69) is 20.2 Å². The molecular formula is C28H25ClN6O5. The summed E-state index contributed by atoms with van der Waals surface area (Å²) in [6.07, 6.45) is 4.00. The number of rotatable bonds is 4. The first-order chi connectivity index (χ1) is 19.2. The van der Waals surface area contributed by atoms with E-state index >= 15 is 0 Å². The molecule has 0 aliphatic carbocycles. The summed E-state index contributed by atoms with van der Waals surface area (Å²) in [6, 6.07) is 5.40. The molecule has 0 radical (unpaired) electrons. The van der Waals surface area contributed by atoms with Crippen LogP contribution in [0.2, 0.25) is 5.02 Å². The first kappa shape index (κ1) is 24.8. The summed E-state index contributed by atoms with van der Waals surface area (Å²) in [6.45, 7) is 1.45. The summed E-state index contributed by atoms with van der Waals surface area (Å²) < 4.78 is 7.42. The maximum atomic E-state index is 13.1. The van der Waals surface area contributed by atoms with Crippen molar-refractivity contribution < 1.29 is 19.7 Å². The van der Waals surface area contributed by atoms with Gasteiger partial charge in [0.2, 0.25) is 5.43 Å². The molecule has 0 saturated carbocycles. The number of halogens is 1. The molecule has 2 aliphatic rings. The number of aryl methyl sites for hydroxylation is 1. The highest BCUT2D eigenvalue weighted by atomic mass is 35.5. The van der Waals surface area contributed by atoms with Gasteiger partial charge in [-0.15, -0.1) is 0 Å². The van der Waals surface area contributed by atoms with Gasteiger partial charge in [0.25, 0.3) is 0 Å². The van der Waals surface area contributed by atoms with Crippen molar-refractivity contribution in [3.05, 3.63) is 57.6 Å². The zero-order valence-electron chi connectivity index (χ0n) is 21.6. The number of fused-ring (bicyclic) bond motifs is 5. The molecule has 0 spiro atoms. The van der Waals surface area contributed by atoms with Crippen molar-refractivity contribution in [2.24, 2.45) is 13.0 Å². The Balaban J connectivity index is 1.53. The summed E-state index contributed by atoms with van der Waals surface area (Å²) in [5.41, 5.74) is 3.94. The molecule has 1 unspecified atom stereocenters. The third-order valence-electron chi connectivity index (χ3n) is 8.09. The summed E-state index contributed by atoms with van der Waals surface area (Å²) in [4.78, 5) is 39.8. The van der Waals surface area contributed by atoms with Gasteiger partial charge in [0.1, 0.15) is 16.9 Å². The zero-order valence-corrected chi connectivity index (χ0v) is 22.4. The van der Waals surface area contributed by atoms with E-state index in [1.807, 2.05) is 19.2 Å². The fourth-order valence-electron chi connectivity index (χ4n) is 6.18. The van der Waals surface area contributed by atoms with Crippen LogP contribution in [-0.2, 0) is 11.8 Å². The van der Waals surface area contributed by atoms with E-state index in [9.17, 15) is 19.8 Å². The molecule has 2 fully saturated rings. The SMILES string of the molecule is CNc1cc(Cl)cc2c1[nH]c1ncc(-c3cnc4c(c3)c(=O)c(C(=O)O)cn4C)c(N3C[C@@H]4C(O)CO[C@@H]4C3)c12. The maximum absolute atomic E-state index is 13.1. The number of aromatic amines is 1. The molecule has 2 saturated heterocycles. The van der Waals surface area contributed by atoms with Crippen molar-refractivity contribution >= 4 is 61.9 Å². The zero-order chi connectivity index (χ0) is 27.9. The summed E-state index contributed by atoms with van der Waals surface area (Å²) >= 11 is 6.53. The van der Waals surface area contributed by atoms with Crippen LogP contribution in [0.15, 0.2) is 41.6 Å². The first-order valence-corrected chi connectivity index (χ1v) is 13.2. The number of carbonyl (C=O) groups is 1. The topological polar surface area (TPSA) is 146 Å². The molecule has 7 rings (SSSR count). The van der Waals surface area contributed by atoms with Crippen LogP contribution in [0.5, 0.6) is 0 Å². The maximum Gasteiger partial charge on any atom is 0.341 e. The Kier molecular flexibility index (Phi) is 5.53. The number of H-pyrrole nitrogens is 1. The second-order valence-electron chi connectivity index (χ2n) is 10.4. The third kappa shape index (κ3) is 3.58. The van der Waals surface area contributed by atoms with Crippen molar-refractivity contribution in [1.82, 2.24) is 19.5 Å².